The third-order valence-electron chi connectivity index (χ3n) is 3.55. The molecule has 0 atom stereocenters. The van der Waals surface area contributed by atoms with Crippen molar-refractivity contribution >= 4 is 11.6 Å². The molecule has 0 amide bonds. The zero-order valence-corrected chi connectivity index (χ0v) is 10.8. The maximum absolute atomic E-state index is 5.58. The van der Waals surface area contributed by atoms with Crippen molar-refractivity contribution in [2.24, 2.45) is 0 Å². The summed E-state index contributed by atoms with van der Waals surface area (Å²) >= 11 is 0. The summed E-state index contributed by atoms with van der Waals surface area (Å²) in [5, 5.41) is 4.21. The van der Waals surface area contributed by atoms with Crippen molar-refractivity contribution in [2.45, 2.75) is 6.42 Å². The standard InChI is InChI=1S/C17H12N2O/c1-2-4-14-11-12(3-1)5-6-15-16(14)17(20-19-15)13-7-9-18-10-8-13/h1-10H,11H2. The number of nitrogens with zero attached hydrogens (tertiary/aromatic N) is 2. The number of hydrogen-bond acceptors (Lipinski definition) is 3. The highest BCUT2D eigenvalue weighted by molar-refractivity contribution is 5.86. The number of hydrogen-bond donors (Lipinski definition) is 0. The molecule has 0 spiro atoms. The van der Waals surface area contributed by atoms with Gasteiger partial charge in [-0.05, 0) is 35.8 Å². The summed E-state index contributed by atoms with van der Waals surface area (Å²) in [5.74, 6) is 0.815. The largest absolute Gasteiger partial charge is 0.355 e. The third kappa shape index (κ3) is 1.75. The van der Waals surface area contributed by atoms with Gasteiger partial charge in [-0.1, -0.05) is 35.5 Å². The van der Waals surface area contributed by atoms with Gasteiger partial charge < -0.3 is 4.52 Å². The maximum atomic E-state index is 5.58. The van der Waals surface area contributed by atoms with Crippen LogP contribution in [0.5, 0.6) is 0 Å². The van der Waals surface area contributed by atoms with Crippen molar-refractivity contribution in [1.29, 1.82) is 0 Å². The summed E-state index contributed by atoms with van der Waals surface area (Å²) in [4.78, 5) is 4.05. The molecule has 0 saturated carbocycles. The van der Waals surface area contributed by atoms with Crippen LogP contribution in [0.2, 0.25) is 0 Å². The molecule has 0 radical (unpaired) electrons. The van der Waals surface area contributed by atoms with Crippen LogP contribution in [-0.2, 0) is 0 Å². The van der Waals surface area contributed by atoms with Crippen LogP contribution in [0, 0.1) is 0 Å². The van der Waals surface area contributed by atoms with Gasteiger partial charge in [-0.15, -0.1) is 0 Å². The molecule has 2 aromatic rings. The molecule has 3 nitrogen and oxygen atoms in total. The zero-order chi connectivity index (χ0) is 13.4. The van der Waals surface area contributed by atoms with E-state index in [9.17, 15) is 0 Å². The molecule has 96 valence electrons. The lowest BCUT2D eigenvalue weighted by molar-refractivity contribution is 0.430. The molecule has 0 N–H and O–H groups in total. The van der Waals surface area contributed by atoms with Gasteiger partial charge in [0.2, 0.25) is 0 Å². The van der Waals surface area contributed by atoms with E-state index in [4.69, 9.17) is 4.52 Å². The molecule has 0 fully saturated rings. The first-order valence-corrected chi connectivity index (χ1v) is 6.57. The average Bonchev–Trinajstić information content (AvgIpc) is 2.67. The lowest BCUT2D eigenvalue weighted by Crippen LogP contribution is -1.88. The van der Waals surface area contributed by atoms with Crippen molar-refractivity contribution in [1.82, 2.24) is 10.1 Å². The number of pyridine rings is 1. The van der Waals surface area contributed by atoms with Gasteiger partial charge in [-0.2, -0.15) is 0 Å². The van der Waals surface area contributed by atoms with Crippen molar-refractivity contribution in [3.8, 4) is 11.3 Å². The van der Waals surface area contributed by atoms with Crippen molar-refractivity contribution < 1.29 is 4.52 Å². The van der Waals surface area contributed by atoms with E-state index in [0.29, 0.717) is 0 Å². The number of rotatable bonds is 1. The van der Waals surface area contributed by atoms with Crippen LogP contribution in [0.15, 0.2) is 65.0 Å². The van der Waals surface area contributed by atoms with Gasteiger partial charge in [0.05, 0.1) is 5.56 Å². The first kappa shape index (κ1) is 11.2. The minimum Gasteiger partial charge on any atom is -0.355 e. The van der Waals surface area contributed by atoms with Crippen LogP contribution in [-0.4, -0.2) is 10.1 Å². The Bertz CT molecular complexity index is 777. The molecule has 2 bridgehead atoms. The summed E-state index contributed by atoms with van der Waals surface area (Å²) < 4.78 is 5.58. The van der Waals surface area contributed by atoms with Gasteiger partial charge in [0.1, 0.15) is 5.69 Å². The molecule has 2 heterocycles. The molecule has 4 rings (SSSR count). The fraction of sp³-hybridized carbons (Fsp3) is 0.0588. The fourth-order valence-electron chi connectivity index (χ4n) is 2.59. The smallest absolute Gasteiger partial charge is 0.175 e. The van der Waals surface area contributed by atoms with Crippen LogP contribution in [0.25, 0.3) is 23.0 Å². The van der Waals surface area contributed by atoms with Crippen LogP contribution in [0.1, 0.15) is 17.7 Å². The van der Waals surface area contributed by atoms with Gasteiger partial charge in [-0.3, -0.25) is 4.98 Å². The molecule has 20 heavy (non-hydrogen) atoms. The highest BCUT2D eigenvalue weighted by Crippen LogP contribution is 2.38. The normalized spacial score (nSPS) is 16.0. The topological polar surface area (TPSA) is 38.9 Å². The van der Waals surface area contributed by atoms with Gasteiger partial charge in [-0.25, -0.2) is 0 Å². The number of allylic oxidation sites excluding steroid dienone is 7. The van der Waals surface area contributed by atoms with E-state index in [2.05, 4.69) is 40.5 Å². The van der Waals surface area contributed by atoms with E-state index >= 15 is 0 Å². The summed E-state index contributed by atoms with van der Waals surface area (Å²) in [6, 6.07) is 3.89. The molecular weight excluding hydrogens is 248 g/mol. The molecule has 0 aromatic carbocycles. The summed E-state index contributed by atoms with van der Waals surface area (Å²) in [5.41, 5.74) is 5.50. The highest BCUT2D eigenvalue weighted by atomic mass is 16.5. The van der Waals surface area contributed by atoms with E-state index in [1.807, 2.05) is 18.2 Å². The van der Waals surface area contributed by atoms with Crippen molar-refractivity contribution in [3.05, 3.63) is 71.7 Å². The fourth-order valence-corrected chi connectivity index (χ4v) is 2.59. The second-order valence-corrected chi connectivity index (χ2v) is 4.84. The molecule has 2 aromatic heterocycles. The average molecular weight is 260 g/mol. The predicted molar refractivity (Wildman–Crippen MR) is 78.6 cm³/mol. The van der Waals surface area contributed by atoms with E-state index in [1.54, 1.807) is 12.4 Å². The van der Waals surface area contributed by atoms with E-state index in [-0.39, 0.29) is 0 Å². The van der Waals surface area contributed by atoms with Crippen LogP contribution in [0.4, 0.5) is 0 Å². The minimum atomic E-state index is 0.815. The quantitative estimate of drug-likeness (QED) is 0.777. The summed E-state index contributed by atoms with van der Waals surface area (Å²) in [6.07, 6.45) is 17.0. The Hall–Kier alpha value is -2.68. The number of fused-ring (bicyclic) bond motifs is 4. The molecule has 3 heteroatoms. The Balaban J connectivity index is 1.95. The van der Waals surface area contributed by atoms with Crippen molar-refractivity contribution in [2.75, 3.05) is 0 Å². The van der Waals surface area contributed by atoms with Crippen LogP contribution >= 0.6 is 0 Å². The second-order valence-electron chi connectivity index (χ2n) is 4.84. The molecule has 2 aliphatic carbocycles. The molecular formula is C17H12N2O. The third-order valence-corrected chi connectivity index (χ3v) is 3.55. The Labute approximate surface area is 116 Å². The summed E-state index contributed by atoms with van der Waals surface area (Å²) in [7, 11) is 0. The lowest BCUT2D eigenvalue weighted by Gasteiger charge is -2.05. The lowest BCUT2D eigenvalue weighted by atomic mass is 9.97. The summed E-state index contributed by atoms with van der Waals surface area (Å²) in [6.45, 7) is 0. The molecule has 0 saturated heterocycles. The second kappa shape index (κ2) is 4.46. The van der Waals surface area contributed by atoms with E-state index in [1.165, 1.54) is 11.1 Å². The Morgan fingerprint density at radius 1 is 1.00 bits per heavy atom. The molecule has 2 aliphatic rings. The Morgan fingerprint density at radius 2 is 1.85 bits per heavy atom. The minimum absolute atomic E-state index is 0.815. The number of aromatic nitrogens is 2. The van der Waals surface area contributed by atoms with Gasteiger partial charge in [0, 0.05) is 18.0 Å². The van der Waals surface area contributed by atoms with E-state index < -0.39 is 0 Å². The first-order valence-electron chi connectivity index (χ1n) is 6.57. The molecule has 0 unspecified atom stereocenters. The van der Waals surface area contributed by atoms with E-state index in [0.717, 1.165) is 29.0 Å². The maximum Gasteiger partial charge on any atom is 0.175 e. The highest BCUT2D eigenvalue weighted by Gasteiger charge is 2.22. The first-order chi connectivity index (χ1) is 9.92. The monoisotopic (exact) mass is 260 g/mol. The Kier molecular flexibility index (Phi) is 2.49. The Morgan fingerprint density at radius 3 is 2.75 bits per heavy atom. The zero-order valence-electron chi connectivity index (χ0n) is 10.8. The van der Waals surface area contributed by atoms with Crippen LogP contribution in [0.3, 0.4) is 0 Å². The van der Waals surface area contributed by atoms with Crippen molar-refractivity contribution in [3.63, 3.8) is 0 Å². The SMILES string of the molecule is C1=CC=C2CC(=C1)C=Cc1noc(-c3ccncc3)c12. The molecule has 0 aliphatic heterocycles. The van der Waals surface area contributed by atoms with Gasteiger partial charge in [0.15, 0.2) is 5.76 Å². The van der Waals surface area contributed by atoms with Crippen LogP contribution < -0.4 is 0 Å². The predicted octanol–water partition coefficient (Wildman–Crippen LogP) is 4.03. The van der Waals surface area contributed by atoms with Gasteiger partial charge in [0.25, 0.3) is 0 Å². The van der Waals surface area contributed by atoms with Gasteiger partial charge >= 0.3 is 0 Å².